The number of hydrogen-bond donors (Lipinski definition) is 2. The molecule has 1 aliphatic heterocycles. The Bertz CT molecular complexity index is 747. The van der Waals surface area contributed by atoms with Crippen molar-refractivity contribution in [3.8, 4) is 5.95 Å². The van der Waals surface area contributed by atoms with E-state index in [0.29, 0.717) is 11.5 Å². The van der Waals surface area contributed by atoms with Crippen molar-refractivity contribution in [2.24, 2.45) is 0 Å². The van der Waals surface area contributed by atoms with Gasteiger partial charge in [0.25, 0.3) is 11.9 Å². The number of nitrogens with one attached hydrogen (secondary N) is 2. The average molecular weight is 379 g/mol. The number of hydrogen-bond acceptors (Lipinski definition) is 5. The highest BCUT2D eigenvalue weighted by Crippen LogP contribution is 2.20. The number of halogens is 1. The first-order valence-electron chi connectivity index (χ1n) is 8.88. The standard InChI is InChI=1S/C18H26N6O.ClH/c1-11(2)16-15(17(25)22-14-6-5-7-19-9-14)10-24(23-16)18-20-12(3)8-13(4)21-18;/h8,10-11,14,19H,5-7,9H2,1-4H3,(H,22,25);1H/t14-;/m0./s1. The van der Waals surface area contributed by atoms with E-state index in [1.807, 2.05) is 33.8 Å². The first-order chi connectivity index (χ1) is 11.9. The van der Waals surface area contributed by atoms with Gasteiger partial charge in [0, 0.05) is 30.2 Å². The van der Waals surface area contributed by atoms with E-state index in [-0.39, 0.29) is 30.3 Å². The monoisotopic (exact) mass is 378 g/mol. The number of aryl methyl sites for hydroxylation is 2. The number of carbonyl (C=O) groups excluding carboxylic acids is 1. The third-order valence-corrected chi connectivity index (χ3v) is 4.34. The molecule has 0 spiro atoms. The van der Waals surface area contributed by atoms with Gasteiger partial charge in [0.2, 0.25) is 0 Å². The summed E-state index contributed by atoms with van der Waals surface area (Å²) < 4.78 is 1.61. The van der Waals surface area contributed by atoms with Crippen molar-refractivity contribution in [2.45, 2.75) is 52.5 Å². The molecule has 1 atom stereocenters. The van der Waals surface area contributed by atoms with Crippen LogP contribution < -0.4 is 10.6 Å². The summed E-state index contributed by atoms with van der Waals surface area (Å²) >= 11 is 0. The maximum atomic E-state index is 12.8. The van der Waals surface area contributed by atoms with Crippen LogP contribution in [0.5, 0.6) is 0 Å². The van der Waals surface area contributed by atoms with Crippen molar-refractivity contribution in [3.63, 3.8) is 0 Å². The molecule has 0 aromatic carbocycles. The SMILES string of the molecule is Cc1cc(C)nc(-n2cc(C(=O)N[C@H]3CCCNC3)c(C(C)C)n2)n1.Cl. The Morgan fingerprint density at radius 1 is 1.31 bits per heavy atom. The third kappa shape index (κ3) is 4.59. The van der Waals surface area contributed by atoms with Crippen LogP contribution in [0.3, 0.4) is 0 Å². The highest BCUT2D eigenvalue weighted by atomic mass is 35.5. The Kier molecular flexibility index (Phi) is 6.72. The summed E-state index contributed by atoms with van der Waals surface area (Å²) in [6.07, 6.45) is 3.83. The van der Waals surface area contributed by atoms with Gasteiger partial charge in [-0.2, -0.15) is 5.10 Å². The average Bonchev–Trinajstić information content (AvgIpc) is 3.00. The van der Waals surface area contributed by atoms with Crippen LogP contribution in [0.2, 0.25) is 0 Å². The molecule has 2 aromatic heterocycles. The number of nitrogens with zero attached hydrogens (tertiary/aromatic N) is 4. The molecule has 8 heteroatoms. The zero-order chi connectivity index (χ0) is 18.0. The smallest absolute Gasteiger partial charge is 0.255 e. The maximum absolute atomic E-state index is 12.8. The first-order valence-corrected chi connectivity index (χ1v) is 8.88. The Hall–Kier alpha value is -1.99. The number of rotatable bonds is 4. The molecule has 142 valence electrons. The summed E-state index contributed by atoms with van der Waals surface area (Å²) in [5.41, 5.74) is 3.12. The third-order valence-electron chi connectivity index (χ3n) is 4.34. The molecule has 0 radical (unpaired) electrons. The van der Waals surface area contributed by atoms with E-state index in [0.717, 1.165) is 43.0 Å². The van der Waals surface area contributed by atoms with Crippen LogP contribution in [0.1, 0.15) is 60.0 Å². The van der Waals surface area contributed by atoms with Gasteiger partial charge in [-0.1, -0.05) is 13.8 Å². The molecule has 2 N–H and O–H groups in total. The van der Waals surface area contributed by atoms with Crippen LogP contribution in [0.15, 0.2) is 12.3 Å². The molecule has 1 saturated heterocycles. The molecule has 2 aromatic rings. The van der Waals surface area contributed by atoms with Crippen molar-refractivity contribution >= 4 is 18.3 Å². The lowest BCUT2D eigenvalue weighted by Crippen LogP contribution is -2.45. The summed E-state index contributed by atoms with van der Waals surface area (Å²) in [6.45, 7) is 9.76. The fourth-order valence-corrected chi connectivity index (χ4v) is 3.14. The predicted octanol–water partition coefficient (Wildman–Crippen LogP) is 2.31. The topological polar surface area (TPSA) is 84.7 Å². The molecule has 1 aliphatic rings. The molecule has 0 saturated carbocycles. The number of carbonyl (C=O) groups is 1. The van der Waals surface area contributed by atoms with E-state index in [4.69, 9.17) is 0 Å². The largest absolute Gasteiger partial charge is 0.348 e. The molecule has 1 amide bonds. The number of piperidine rings is 1. The van der Waals surface area contributed by atoms with Crippen molar-refractivity contribution in [1.29, 1.82) is 0 Å². The first kappa shape index (κ1) is 20.3. The predicted molar refractivity (Wildman–Crippen MR) is 103 cm³/mol. The van der Waals surface area contributed by atoms with Crippen molar-refractivity contribution in [1.82, 2.24) is 30.4 Å². The zero-order valence-corrected chi connectivity index (χ0v) is 16.6. The van der Waals surface area contributed by atoms with Crippen LogP contribution in [0.25, 0.3) is 5.95 Å². The summed E-state index contributed by atoms with van der Waals surface area (Å²) in [5, 5.41) is 11.0. The Labute approximate surface area is 160 Å². The highest BCUT2D eigenvalue weighted by molar-refractivity contribution is 5.95. The summed E-state index contributed by atoms with van der Waals surface area (Å²) in [6, 6.07) is 2.09. The van der Waals surface area contributed by atoms with Crippen molar-refractivity contribution < 1.29 is 4.79 Å². The van der Waals surface area contributed by atoms with Gasteiger partial charge in [0.15, 0.2) is 0 Å². The maximum Gasteiger partial charge on any atom is 0.255 e. The van der Waals surface area contributed by atoms with Crippen LogP contribution in [0, 0.1) is 13.8 Å². The lowest BCUT2D eigenvalue weighted by Gasteiger charge is -2.23. The van der Waals surface area contributed by atoms with Gasteiger partial charge in [-0.05, 0) is 45.2 Å². The second-order valence-corrected chi connectivity index (χ2v) is 6.99. The molecular weight excluding hydrogens is 352 g/mol. The van der Waals surface area contributed by atoms with E-state index in [9.17, 15) is 4.79 Å². The van der Waals surface area contributed by atoms with Crippen molar-refractivity contribution in [3.05, 3.63) is 34.9 Å². The van der Waals surface area contributed by atoms with Gasteiger partial charge < -0.3 is 10.6 Å². The van der Waals surface area contributed by atoms with Crippen LogP contribution in [-0.2, 0) is 0 Å². The molecule has 26 heavy (non-hydrogen) atoms. The molecule has 0 bridgehead atoms. The minimum atomic E-state index is -0.0759. The number of amides is 1. The van der Waals surface area contributed by atoms with Gasteiger partial charge >= 0.3 is 0 Å². The normalized spacial score (nSPS) is 17.0. The molecule has 0 aliphatic carbocycles. The minimum Gasteiger partial charge on any atom is -0.348 e. The lowest BCUT2D eigenvalue weighted by atomic mass is 10.0. The van der Waals surface area contributed by atoms with Crippen LogP contribution >= 0.6 is 12.4 Å². The van der Waals surface area contributed by atoms with E-state index in [1.165, 1.54) is 0 Å². The molecule has 3 heterocycles. The highest BCUT2D eigenvalue weighted by Gasteiger charge is 2.23. The summed E-state index contributed by atoms with van der Waals surface area (Å²) in [4.78, 5) is 21.7. The van der Waals surface area contributed by atoms with Gasteiger partial charge in [-0.25, -0.2) is 14.6 Å². The van der Waals surface area contributed by atoms with E-state index in [2.05, 4.69) is 25.7 Å². The molecule has 7 nitrogen and oxygen atoms in total. The van der Waals surface area contributed by atoms with Crippen LogP contribution in [0.4, 0.5) is 0 Å². The van der Waals surface area contributed by atoms with Gasteiger partial charge in [0.05, 0.1) is 11.3 Å². The molecule has 1 fully saturated rings. The second kappa shape index (κ2) is 8.60. The van der Waals surface area contributed by atoms with E-state index < -0.39 is 0 Å². The summed E-state index contributed by atoms with van der Waals surface area (Å²) in [5.74, 6) is 0.559. The molecule has 0 unspecified atom stereocenters. The van der Waals surface area contributed by atoms with Crippen molar-refractivity contribution in [2.75, 3.05) is 13.1 Å². The second-order valence-electron chi connectivity index (χ2n) is 6.99. The minimum absolute atomic E-state index is 0. The summed E-state index contributed by atoms with van der Waals surface area (Å²) in [7, 11) is 0. The quantitative estimate of drug-likeness (QED) is 0.852. The van der Waals surface area contributed by atoms with E-state index >= 15 is 0 Å². The Morgan fingerprint density at radius 3 is 2.58 bits per heavy atom. The van der Waals surface area contributed by atoms with Crippen LogP contribution in [-0.4, -0.2) is 44.8 Å². The van der Waals surface area contributed by atoms with Gasteiger partial charge in [-0.3, -0.25) is 4.79 Å². The Balaban J connectivity index is 0.00000243. The fraction of sp³-hybridized carbons (Fsp3) is 0.556. The zero-order valence-electron chi connectivity index (χ0n) is 15.7. The lowest BCUT2D eigenvalue weighted by molar-refractivity contribution is 0.0929. The fourth-order valence-electron chi connectivity index (χ4n) is 3.14. The van der Waals surface area contributed by atoms with Gasteiger partial charge in [-0.15, -0.1) is 12.4 Å². The number of aromatic nitrogens is 4. The molecule has 3 rings (SSSR count). The Morgan fingerprint density at radius 2 is 2.00 bits per heavy atom. The molecular formula is C18H27ClN6O. The van der Waals surface area contributed by atoms with E-state index in [1.54, 1.807) is 10.9 Å². The van der Waals surface area contributed by atoms with Gasteiger partial charge in [0.1, 0.15) is 0 Å².